The molecule has 0 spiro atoms. The highest BCUT2D eigenvalue weighted by Crippen LogP contribution is 2.37. The summed E-state index contributed by atoms with van der Waals surface area (Å²) in [5.41, 5.74) is 4.68. The summed E-state index contributed by atoms with van der Waals surface area (Å²) in [6.45, 7) is 6.18. The predicted octanol–water partition coefficient (Wildman–Crippen LogP) is 3.57. The topological polar surface area (TPSA) is 72.5 Å². The molecule has 1 amide bonds. The largest absolute Gasteiger partial charge is 0.496 e. The zero-order valence-electron chi connectivity index (χ0n) is 17.4. The first kappa shape index (κ1) is 20.8. The maximum absolute atomic E-state index is 13.0. The summed E-state index contributed by atoms with van der Waals surface area (Å²) in [4.78, 5) is 38.1. The number of ketones is 2. The summed E-state index contributed by atoms with van der Waals surface area (Å²) < 4.78 is 5.29. The van der Waals surface area contributed by atoms with Gasteiger partial charge >= 0.3 is 0 Å². The Balaban J connectivity index is 1.68. The Bertz CT molecular complexity index is 940. The highest BCUT2D eigenvalue weighted by atomic mass is 16.5. The van der Waals surface area contributed by atoms with E-state index in [0.717, 1.165) is 27.8 Å². The summed E-state index contributed by atoms with van der Waals surface area (Å²) in [6, 6.07) is 11.4. The number of nitrogens with one attached hydrogen (secondary N) is 1. The van der Waals surface area contributed by atoms with Crippen LogP contribution in [0.2, 0.25) is 0 Å². The van der Waals surface area contributed by atoms with Crippen LogP contribution in [0, 0.1) is 26.7 Å². The Kier molecular flexibility index (Phi) is 6.16. The third kappa shape index (κ3) is 4.39. The lowest BCUT2D eigenvalue weighted by Gasteiger charge is -2.16. The molecule has 1 aliphatic rings. The van der Waals surface area contributed by atoms with E-state index in [4.69, 9.17) is 4.74 Å². The molecule has 1 fully saturated rings. The summed E-state index contributed by atoms with van der Waals surface area (Å²) in [5, 5.41) is 2.84. The Morgan fingerprint density at radius 2 is 1.76 bits per heavy atom. The van der Waals surface area contributed by atoms with Gasteiger partial charge in [0, 0.05) is 30.9 Å². The minimum atomic E-state index is -0.748. The van der Waals surface area contributed by atoms with Crippen molar-refractivity contribution in [3.8, 4) is 5.75 Å². The van der Waals surface area contributed by atoms with Gasteiger partial charge in [0.15, 0.2) is 5.78 Å². The van der Waals surface area contributed by atoms with Crippen LogP contribution in [0.3, 0.4) is 0 Å². The first-order valence-electron chi connectivity index (χ1n) is 9.84. The Morgan fingerprint density at radius 3 is 2.41 bits per heavy atom. The van der Waals surface area contributed by atoms with Gasteiger partial charge in [-0.25, -0.2) is 0 Å². The number of carbonyl (C=O) groups excluding carboxylic acids is 3. The molecule has 5 heteroatoms. The van der Waals surface area contributed by atoms with Crippen LogP contribution in [0.25, 0.3) is 0 Å². The standard InChI is InChI=1S/C24H27NO4/c1-14-9-15(2)22(16(3)10-14)23-19(26)11-18(24(23)28)12-21(27)25-13-17-7-5-6-8-20(17)29-4/h5-10,18,23H,11-13H2,1-4H3,(H,25,27). The third-order valence-corrected chi connectivity index (χ3v) is 5.58. The molecule has 2 unspecified atom stereocenters. The summed E-state index contributed by atoms with van der Waals surface area (Å²) in [7, 11) is 1.58. The SMILES string of the molecule is COc1ccccc1CNC(=O)CC1CC(=O)C(c2c(C)cc(C)cc2C)C1=O. The Hall–Kier alpha value is -2.95. The minimum absolute atomic E-state index is 0.0280. The van der Waals surface area contributed by atoms with Gasteiger partial charge in [0.2, 0.25) is 5.91 Å². The molecule has 1 N–H and O–H groups in total. The number of ether oxygens (including phenoxy) is 1. The summed E-state index contributed by atoms with van der Waals surface area (Å²) in [6.07, 6.45) is 0.151. The van der Waals surface area contributed by atoms with Crippen LogP contribution in [0.4, 0.5) is 0 Å². The molecule has 3 rings (SSSR count). The van der Waals surface area contributed by atoms with Crippen molar-refractivity contribution in [3.63, 3.8) is 0 Å². The molecule has 2 atom stereocenters. The van der Waals surface area contributed by atoms with Crippen LogP contribution in [-0.2, 0) is 20.9 Å². The fourth-order valence-corrected chi connectivity index (χ4v) is 4.32. The van der Waals surface area contributed by atoms with Crippen molar-refractivity contribution < 1.29 is 19.1 Å². The molecule has 0 aromatic heterocycles. The van der Waals surface area contributed by atoms with E-state index >= 15 is 0 Å². The van der Waals surface area contributed by atoms with Crippen molar-refractivity contribution >= 4 is 17.5 Å². The predicted molar refractivity (Wildman–Crippen MR) is 111 cm³/mol. The molecule has 1 saturated carbocycles. The molecule has 0 bridgehead atoms. The lowest BCUT2D eigenvalue weighted by molar-refractivity contribution is -0.128. The van der Waals surface area contributed by atoms with Gasteiger partial charge in [-0.2, -0.15) is 0 Å². The van der Waals surface area contributed by atoms with E-state index in [1.165, 1.54) is 0 Å². The lowest BCUT2D eigenvalue weighted by Crippen LogP contribution is -2.27. The Morgan fingerprint density at radius 1 is 1.10 bits per heavy atom. The number of carbonyl (C=O) groups is 3. The number of benzene rings is 2. The van der Waals surface area contributed by atoms with E-state index in [0.29, 0.717) is 12.3 Å². The number of amides is 1. The highest BCUT2D eigenvalue weighted by Gasteiger charge is 2.43. The van der Waals surface area contributed by atoms with Crippen molar-refractivity contribution in [3.05, 3.63) is 64.2 Å². The number of methoxy groups -OCH3 is 1. The van der Waals surface area contributed by atoms with Gasteiger partial charge in [0.05, 0.1) is 7.11 Å². The number of hydrogen-bond donors (Lipinski definition) is 1. The molecular formula is C24H27NO4. The van der Waals surface area contributed by atoms with Crippen LogP contribution in [0.5, 0.6) is 5.75 Å². The quantitative estimate of drug-likeness (QED) is 0.762. The normalized spacial score (nSPS) is 18.8. The zero-order chi connectivity index (χ0) is 21.1. The lowest BCUT2D eigenvalue weighted by atomic mass is 9.86. The molecule has 0 radical (unpaired) electrons. The van der Waals surface area contributed by atoms with Gasteiger partial charge in [-0.05, 0) is 43.5 Å². The van der Waals surface area contributed by atoms with Crippen LogP contribution in [0.1, 0.15) is 46.6 Å². The van der Waals surface area contributed by atoms with Crippen molar-refractivity contribution in [2.75, 3.05) is 7.11 Å². The smallest absolute Gasteiger partial charge is 0.221 e. The van der Waals surface area contributed by atoms with Crippen molar-refractivity contribution in [2.24, 2.45) is 5.92 Å². The molecule has 0 aliphatic heterocycles. The number of para-hydroxylation sites is 1. The van der Waals surface area contributed by atoms with E-state index in [-0.39, 0.29) is 30.3 Å². The van der Waals surface area contributed by atoms with Crippen molar-refractivity contribution in [2.45, 2.75) is 46.1 Å². The van der Waals surface area contributed by atoms with Gasteiger partial charge in [-0.3, -0.25) is 14.4 Å². The second-order valence-electron chi connectivity index (χ2n) is 7.81. The van der Waals surface area contributed by atoms with Gasteiger partial charge < -0.3 is 10.1 Å². The van der Waals surface area contributed by atoms with E-state index in [9.17, 15) is 14.4 Å². The average Bonchev–Trinajstić information content (AvgIpc) is 2.93. The van der Waals surface area contributed by atoms with E-state index in [1.54, 1.807) is 7.11 Å². The van der Waals surface area contributed by atoms with Gasteiger partial charge in [-0.15, -0.1) is 0 Å². The molecule has 29 heavy (non-hydrogen) atoms. The molecule has 152 valence electrons. The highest BCUT2D eigenvalue weighted by molar-refractivity contribution is 6.15. The summed E-state index contributed by atoms with van der Waals surface area (Å²) >= 11 is 0. The first-order chi connectivity index (χ1) is 13.8. The number of rotatable bonds is 6. The van der Waals surface area contributed by atoms with Gasteiger partial charge in [0.25, 0.3) is 0 Å². The van der Waals surface area contributed by atoms with Crippen molar-refractivity contribution in [1.82, 2.24) is 5.32 Å². The van der Waals surface area contributed by atoms with E-state index < -0.39 is 11.8 Å². The Labute approximate surface area is 171 Å². The fourth-order valence-electron chi connectivity index (χ4n) is 4.32. The van der Waals surface area contributed by atoms with Crippen LogP contribution < -0.4 is 10.1 Å². The van der Waals surface area contributed by atoms with Gasteiger partial charge in [0.1, 0.15) is 17.5 Å². The maximum Gasteiger partial charge on any atom is 0.221 e. The van der Waals surface area contributed by atoms with Crippen LogP contribution in [0.15, 0.2) is 36.4 Å². The summed E-state index contributed by atoms with van der Waals surface area (Å²) in [5.74, 6) is -1.08. The van der Waals surface area contributed by atoms with Crippen molar-refractivity contribution in [1.29, 1.82) is 0 Å². The zero-order valence-corrected chi connectivity index (χ0v) is 17.4. The maximum atomic E-state index is 13.0. The molecule has 2 aromatic rings. The number of Topliss-reactive ketones (excluding diaryl/α,β-unsaturated/α-hetero) is 2. The fraction of sp³-hybridized carbons (Fsp3) is 0.375. The van der Waals surface area contributed by atoms with Crippen LogP contribution in [-0.4, -0.2) is 24.6 Å². The van der Waals surface area contributed by atoms with Crippen LogP contribution >= 0.6 is 0 Å². The molecule has 0 heterocycles. The third-order valence-electron chi connectivity index (χ3n) is 5.58. The number of hydrogen-bond acceptors (Lipinski definition) is 4. The minimum Gasteiger partial charge on any atom is -0.496 e. The molecule has 0 saturated heterocycles. The average molecular weight is 393 g/mol. The number of aryl methyl sites for hydroxylation is 3. The van der Waals surface area contributed by atoms with Gasteiger partial charge in [-0.1, -0.05) is 35.9 Å². The van der Waals surface area contributed by atoms with E-state index in [2.05, 4.69) is 5.32 Å². The molecule has 1 aliphatic carbocycles. The molecule has 5 nitrogen and oxygen atoms in total. The second kappa shape index (κ2) is 8.60. The van der Waals surface area contributed by atoms with E-state index in [1.807, 2.05) is 57.2 Å². The second-order valence-corrected chi connectivity index (χ2v) is 7.81. The monoisotopic (exact) mass is 393 g/mol. The molecular weight excluding hydrogens is 366 g/mol. The first-order valence-corrected chi connectivity index (χ1v) is 9.84. The molecule has 2 aromatic carbocycles.